The second kappa shape index (κ2) is 2.58. The second-order valence-corrected chi connectivity index (χ2v) is 3.19. The van der Waals surface area contributed by atoms with Crippen molar-refractivity contribution < 1.29 is 40.6 Å². The molecule has 2 saturated heterocycles. The van der Waals surface area contributed by atoms with Gasteiger partial charge in [0.2, 0.25) is 0 Å². The van der Waals surface area contributed by atoms with Gasteiger partial charge in [-0.1, -0.05) is 0 Å². The topological polar surface area (TPSA) is 34.3 Å². The quantitative estimate of drug-likeness (QED) is 0.550. The van der Waals surface area contributed by atoms with Crippen LogP contribution in [0.4, 0.5) is 26.3 Å². The van der Waals surface area contributed by atoms with Gasteiger partial charge in [-0.2, -0.15) is 26.3 Å². The van der Waals surface area contributed by atoms with Crippen LogP contribution in [0.1, 0.15) is 0 Å². The van der Waals surface area contributed by atoms with Crippen LogP contribution < -0.4 is 0 Å². The molecule has 2 aliphatic heterocycles. The van der Waals surface area contributed by atoms with Gasteiger partial charge >= 0.3 is 23.9 Å². The lowest BCUT2D eigenvalue weighted by molar-refractivity contribution is -0.0503. The summed E-state index contributed by atoms with van der Waals surface area (Å²) in [5, 5.41) is 0. The van der Waals surface area contributed by atoms with E-state index in [2.05, 4.69) is 14.2 Å². The van der Waals surface area contributed by atoms with Crippen molar-refractivity contribution in [3.8, 4) is 0 Å². The minimum Gasteiger partial charge on any atom is -0.369 e. The summed E-state index contributed by atoms with van der Waals surface area (Å²) in [5.74, 6) is -6.71. The molecule has 0 bridgehead atoms. The number of rotatable bonds is 4. The van der Waals surface area contributed by atoms with Crippen molar-refractivity contribution in [2.75, 3.05) is 13.2 Å². The molecule has 2 unspecified atom stereocenters. The Morgan fingerprint density at radius 1 is 0.733 bits per heavy atom. The first-order valence-corrected chi connectivity index (χ1v) is 3.73. The summed E-state index contributed by atoms with van der Waals surface area (Å²) in [4.78, 5) is 0. The summed E-state index contributed by atoms with van der Waals surface area (Å²) >= 11 is 0. The summed E-state index contributed by atoms with van der Waals surface area (Å²) in [5.41, 5.74) is 0. The first-order valence-electron chi connectivity index (χ1n) is 3.73. The van der Waals surface area contributed by atoms with Gasteiger partial charge in [0.15, 0.2) is 0 Å². The van der Waals surface area contributed by atoms with E-state index in [1.165, 1.54) is 0 Å². The van der Waals surface area contributed by atoms with Crippen molar-refractivity contribution in [3.05, 3.63) is 0 Å². The predicted octanol–water partition coefficient (Wildman–Crippen LogP) is 1.58. The maximum Gasteiger partial charge on any atom is 0.420 e. The van der Waals surface area contributed by atoms with E-state index in [4.69, 9.17) is 0 Å². The molecule has 0 aromatic carbocycles. The highest BCUT2D eigenvalue weighted by molar-refractivity contribution is 4.96. The summed E-state index contributed by atoms with van der Waals surface area (Å²) in [6, 6.07) is 0. The summed E-state index contributed by atoms with van der Waals surface area (Å²) in [6.07, 6.45) is -8.02. The highest BCUT2D eigenvalue weighted by atomic mass is 19.3. The molecule has 0 spiro atoms. The molecule has 3 nitrogen and oxygen atoms in total. The van der Waals surface area contributed by atoms with Gasteiger partial charge in [-0.05, 0) is 0 Å². The molecule has 0 amide bonds. The van der Waals surface area contributed by atoms with E-state index < -0.39 is 37.1 Å². The third-order valence-corrected chi connectivity index (χ3v) is 1.94. The number of hydrogen-bond donors (Lipinski definition) is 0. The molecule has 0 aromatic heterocycles. The largest absolute Gasteiger partial charge is 0.420 e. The Hall–Kier alpha value is -0.540. The van der Waals surface area contributed by atoms with Crippen molar-refractivity contribution in [1.29, 1.82) is 0 Å². The second-order valence-electron chi connectivity index (χ2n) is 3.19. The number of halogens is 6. The fourth-order valence-corrected chi connectivity index (χ4v) is 0.896. The minimum absolute atomic E-state index is 1.34. The van der Waals surface area contributed by atoms with Gasteiger partial charge in [-0.15, -0.1) is 0 Å². The molecule has 88 valence electrons. The van der Waals surface area contributed by atoms with Crippen LogP contribution in [0.2, 0.25) is 0 Å². The van der Waals surface area contributed by atoms with E-state index in [0.717, 1.165) is 0 Å². The van der Waals surface area contributed by atoms with E-state index >= 15 is 0 Å². The number of epoxide rings is 2. The van der Waals surface area contributed by atoms with Gasteiger partial charge in [-0.25, -0.2) is 0 Å². The van der Waals surface area contributed by atoms with Gasteiger partial charge in [0.05, 0.1) is 0 Å². The molecule has 0 N–H and O–H groups in total. The molecule has 0 saturated carbocycles. The first-order chi connectivity index (χ1) is 6.62. The Bertz CT molecular complexity index is 269. The SMILES string of the molecule is FC1(F)OC1(F)COCC1(F)OC1(F)F. The van der Waals surface area contributed by atoms with E-state index in [9.17, 15) is 26.3 Å². The zero-order chi connectivity index (χ0) is 11.5. The lowest BCUT2D eigenvalue weighted by atomic mass is 10.4. The van der Waals surface area contributed by atoms with Crippen LogP contribution in [-0.4, -0.2) is 37.1 Å². The Morgan fingerprint density at radius 3 is 1.20 bits per heavy atom. The van der Waals surface area contributed by atoms with Crippen molar-refractivity contribution in [3.63, 3.8) is 0 Å². The molecule has 9 heteroatoms. The maximum atomic E-state index is 12.6. The van der Waals surface area contributed by atoms with Crippen LogP contribution in [0, 0.1) is 0 Å². The number of hydrogen-bond acceptors (Lipinski definition) is 3. The lowest BCUT2D eigenvalue weighted by Gasteiger charge is -2.04. The summed E-state index contributed by atoms with van der Waals surface area (Å²) < 4.78 is 83.9. The molecule has 0 radical (unpaired) electrons. The van der Waals surface area contributed by atoms with Gasteiger partial charge in [0.25, 0.3) is 0 Å². The van der Waals surface area contributed by atoms with E-state index in [1.807, 2.05) is 0 Å². The molecule has 2 aliphatic rings. The Kier molecular flexibility index (Phi) is 1.89. The van der Waals surface area contributed by atoms with Crippen LogP contribution in [0.5, 0.6) is 0 Å². The van der Waals surface area contributed by atoms with Crippen LogP contribution >= 0.6 is 0 Å². The molecule has 2 fully saturated rings. The molecule has 2 atom stereocenters. The Labute approximate surface area is 78.9 Å². The van der Waals surface area contributed by atoms with Gasteiger partial charge in [-0.3, -0.25) is 9.47 Å². The summed E-state index contributed by atoms with van der Waals surface area (Å²) in [6.45, 7) is -2.68. The highest BCUT2D eigenvalue weighted by Crippen LogP contribution is 2.54. The summed E-state index contributed by atoms with van der Waals surface area (Å²) in [7, 11) is 0. The highest BCUT2D eigenvalue weighted by Gasteiger charge is 2.79. The first kappa shape index (κ1) is 11.0. The van der Waals surface area contributed by atoms with Gasteiger partial charge < -0.3 is 4.74 Å². The van der Waals surface area contributed by atoms with E-state index in [-0.39, 0.29) is 0 Å². The zero-order valence-electron chi connectivity index (χ0n) is 6.91. The van der Waals surface area contributed by atoms with Crippen molar-refractivity contribution in [2.24, 2.45) is 0 Å². The smallest absolute Gasteiger partial charge is 0.369 e. The van der Waals surface area contributed by atoms with Gasteiger partial charge in [0, 0.05) is 0 Å². The van der Waals surface area contributed by atoms with Crippen molar-refractivity contribution >= 4 is 0 Å². The molecule has 0 aliphatic carbocycles. The standard InChI is InChI=1S/C6H4F6O3/c7-3(5(9,10)14-3)1-13-2-4(8)6(11,12)15-4/h1-2H2. The van der Waals surface area contributed by atoms with E-state index in [0.29, 0.717) is 0 Å². The Balaban J connectivity index is 1.74. The molecule has 0 aromatic rings. The molecule has 2 rings (SSSR count). The van der Waals surface area contributed by atoms with Crippen molar-refractivity contribution in [2.45, 2.75) is 23.9 Å². The van der Waals surface area contributed by atoms with Gasteiger partial charge in [0.1, 0.15) is 13.2 Å². The average Bonchev–Trinajstić information content (AvgIpc) is 2.67. The lowest BCUT2D eigenvalue weighted by Crippen LogP contribution is -2.26. The van der Waals surface area contributed by atoms with Crippen LogP contribution in [0.15, 0.2) is 0 Å². The third-order valence-electron chi connectivity index (χ3n) is 1.94. The fraction of sp³-hybridized carbons (Fsp3) is 1.00. The molecular weight excluding hydrogens is 234 g/mol. The van der Waals surface area contributed by atoms with Crippen LogP contribution in [-0.2, 0) is 14.2 Å². The van der Waals surface area contributed by atoms with Crippen LogP contribution in [0.3, 0.4) is 0 Å². The monoisotopic (exact) mass is 238 g/mol. The average molecular weight is 238 g/mol. The minimum atomic E-state index is -4.01. The Morgan fingerprint density at radius 2 is 1.00 bits per heavy atom. The van der Waals surface area contributed by atoms with E-state index in [1.54, 1.807) is 0 Å². The molecule has 15 heavy (non-hydrogen) atoms. The number of ether oxygens (including phenoxy) is 3. The third kappa shape index (κ3) is 1.58. The van der Waals surface area contributed by atoms with Crippen molar-refractivity contribution in [1.82, 2.24) is 0 Å². The molecule has 2 heterocycles. The normalized spacial score (nSPS) is 45.2. The van der Waals surface area contributed by atoms with Crippen LogP contribution in [0.25, 0.3) is 0 Å². The number of alkyl halides is 6. The maximum absolute atomic E-state index is 12.6. The fourth-order valence-electron chi connectivity index (χ4n) is 0.896. The predicted molar refractivity (Wildman–Crippen MR) is 30.6 cm³/mol. The zero-order valence-corrected chi connectivity index (χ0v) is 6.91. The molecular formula is C6H4F6O3.